The SMILES string of the molecule is C#CC(=O)NC(CC12CC3CC(CC(C3)C1)C2)C(=O)O. The third-order valence-corrected chi connectivity index (χ3v) is 5.54. The largest absolute Gasteiger partial charge is 0.480 e. The summed E-state index contributed by atoms with van der Waals surface area (Å²) in [6.07, 6.45) is 12.9. The fraction of sp³-hybridized carbons (Fsp3) is 0.750. The van der Waals surface area contributed by atoms with Crippen molar-refractivity contribution in [3.05, 3.63) is 0 Å². The number of hydrogen-bond donors (Lipinski definition) is 2. The molecule has 2 N–H and O–H groups in total. The third-order valence-electron chi connectivity index (χ3n) is 5.54. The molecule has 0 spiro atoms. The smallest absolute Gasteiger partial charge is 0.326 e. The number of amides is 1. The lowest BCUT2D eigenvalue weighted by atomic mass is 9.48. The quantitative estimate of drug-likeness (QED) is 0.769. The van der Waals surface area contributed by atoms with E-state index in [1.165, 1.54) is 19.3 Å². The molecule has 0 aromatic rings. The van der Waals surface area contributed by atoms with Gasteiger partial charge in [-0.3, -0.25) is 4.79 Å². The molecule has 0 saturated heterocycles. The van der Waals surface area contributed by atoms with Crippen LogP contribution >= 0.6 is 0 Å². The van der Waals surface area contributed by atoms with Crippen molar-refractivity contribution in [2.75, 3.05) is 0 Å². The zero-order valence-electron chi connectivity index (χ0n) is 11.6. The van der Waals surface area contributed by atoms with Crippen LogP contribution in [0.2, 0.25) is 0 Å². The Hall–Kier alpha value is -1.50. The first-order valence-corrected chi connectivity index (χ1v) is 7.49. The third kappa shape index (κ3) is 2.42. The van der Waals surface area contributed by atoms with E-state index in [-0.39, 0.29) is 5.41 Å². The van der Waals surface area contributed by atoms with Crippen molar-refractivity contribution in [2.45, 2.75) is 51.0 Å². The summed E-state index contributed by atoms with van der Waals surface area (Å²) in [5.41, 5.74) is 0.125. The maximum atomic E-state index is 11.4. The molecule has 4 saturated carbocycles. The summed E-state index contributed by atoms with van der Waals surface area (Å²) in [6, 6.07) is -0.838. The minimum absolute atomic E-state index is 0.125. The van der Waals surface area contributed by atoms with Crippen LogP contribution in [-0.2, 0) is 9.59 Å². The number of carboxylic acid groups (broad SMARTS) is 1. The van der Waals surface area contributed by atoms with E-state index in [0.29, 0.717) is 6.42 Å². The van der Waals surface area contributed by atoms with Crippen molar-refractivity contribution in [1.29, 1.82) is 0 Å². The van der Waals surface area contributed by atoms with Crippen molar-refractivity contribution < 1.29 is 14.7 Å². The Labute approximate surface area is 119 Å². The molecule has 0 heterocycles. The van der Waals surface area contributed by atoms with Gasteiger partial charge in [-0.15, -0.1) is 6.42 Å². The fourth-order valence-corrected chi connectivity index (χ4v) is 5.37. The summed E-state index contributed by atoms with van der Waals surface area (Å²) in [4.78, 5) is 22.7. The summed E-state index contributed by atoms with van der Waals surface area (Å²) < 4.78 is 0. The van der Waals surface area contributed by atoms with Crippen molar-refractivity contribution in [3.8, 4) is 12.3 Å². The molecular weight excluding hydrogens is 254 g/mol. The fourth-order valence-electron chi connectivity index (χ4n) is 5.37. The molecule has 1 unspecified atom stereocenters. The highest BCUT2D eigenvalue weighted by molar-refractivity contribution is 5.95. The second-order valence-corrected chi connectivity index (χ2v) is 7.13. The molecule has 4 bridgehead atoms. The van der Waals surface area contributed by atoms with Crippen LogP contribution < -0.4 is 5.32 Å². The summed E-state index contributed by atoms with van der Waals surface area (Å²) in [5, 5.41) is 11.8. The molecule has 1 atom stereocenters. The number of carbonyl (C=O) groups excluding carboxylic acids is 1. The molecule has 0 aromatic heterocycles. The Morgan fingerprint density at radius 1 is 1.20 bits per heavy atom. The molecule has 4 nitrogen and oxygen atoms in total. The van der Waals surface area contributed by atoms with E-state index in [1.54, 1.807) is 0 Å². The van der Waals surface area contributed by atoms with Gasteiger partial charge in [0.2, 0.25) is 0 Å². The summed E-state index contributed by atoms with van der Waals surface area (Å²) in [6.45, 7) is 0. The van der Waals surface area contributed by atoms with E-state index < -0.39 is 17.9 Å². The first-order chi connectivity index (χ1) is 9.49. The van der Waals surface area contributed by atoms with Gasteiger partial charge in [-0.25, -0.2) is 4.79 Å². The Bertz CT molecular complexity index is 441. The number of hydrogen-bond acceptors (Lipinski definition) is 2. The average molecular weight is 275 g/mol. The highest BCUT2D eigenvalue weighted by atomic mass is 16.4. The highest BCUT2D eigenvalue weighted by Crippen LogP contribution is 2.61. The predicted octanol–water partition coefficient (Wildman–Crippen LogP) is 1.80. The van der Waals surface area contributed by atoms with Crippen LogP contribution in [0.5, 0.6) is 0 Å². The Kier molecular flexibility index (Phi) is 3.24. The molecule has 0 aromatic carbocycles. The summed E-state index contributed by atoms with van der Waals surface area (Å²) >= 11 is 0. The van der Waals surface area contributed by atoms with Gasteiger partial charge in [0.05, 0.1) is 0 Å². The van der Waals surface area contributed by atoms with E-state index in [4.69, 9.17) is 6.42 Å². The van der Waals surface area contributed by atoms with Gasteiger partial charge in [-0.2, -0.15) is 0 Å². The van der Waals surface area contributed by atoms with Gasteiger partial charge < -0.3 is 10.4 Å². The van der Waals surface area contributed by atoms with Gasteiger partial charge in [0.25, 0.3) is 5.91 Å². The molecule has 0 aliphatic heterocycles. The summed E-state index contributed by atoms with van der Waals surface area (Å²) in [7, 11) is 0. The van der Waals surface area contributed by atoms with Gasteiger partial charge >= 0.3 is 5.97 Å². The molecule has 4 aliphatic rings. The van der Waals surface area contributed by atoms with E-state index >= 15 is 0 Å². The minimum atomic E-state index is -0.968. The normalized spacial score (nSPS) is 39.0. The second kappa shape index (κ2) is 4.80. The van der Waals surface area contributed by atoms with Crippen LogP contribution in [0.4, 0.5) is 0 Å². The number of nitrogens with one attached hydrogen (secondary N) is 1. The van der Waals surface area contributed by atoms with Crippen LogP contribution in [-0.4, -0.2) is 23.0 Å². The van der Waals surface area contributed by atoms with Crippen LogP contribution in [0.15, 0.2) is 0 Å². The first-order valence-electron chi connectivity index (χ1n) is 7.49. The first kappa shape index (κ1) is 13.5. The Balaban J connectivity index is 1.73. The maximum Gasteiger partial charge on any atom is 0.326 e. The number of rotatable bonds is 4. The number of carboxylic acids is 1. The highest BCUT2D eigenvalue weighted by Gasteiger charge is 2.52. The van der Waals surface area contributed by atoms with Gasteiger partial charge in [0.15, 0.2) is 0 Å². The Morgan fingerprint density at radius 2 is 1.70 bits per heavy atom. The molecule has 108 valence electrons. The predicted molar refractivity (Wildman–Crippen MR) is 73.6 cm³/mol. The lowest BCUT2D eigenvalue weighted by molar-refractivity contribution is -0.144. The van der Waals surface area contributed by atoms with Gasteiger partial charge in [-0.1, -0.05) is 0 Å². The standard InChI is InChI=1S/C16H21NO3/c1-2-14(18)17-13(15(19)20)9-16-6-10-3-11(7-16)5-12(4-10)8-16/h1,10-13H,3-9H2,(H,17,18)(H,19,20). The topological polar surface area (TPSA) is 66.4 Å². The number of terminal acetylenes is 1. The molecule has 1 amide bonds. The Morgan fingerprint density at radius 3 is 2.10 bits per heavy atom. The minimum Gasteiger partial charge on any atom is -0.480 e. The zero-order valence-corrected chi connectivity index (χ0v) is 11.6. The lowest BCUT2D eigenvalue weighted by Gasteiger charge is -2.57. The van der Waals surface area contributed by atoms with Crippen molar-refractivity contribution in [1.82, 2.24) is 5.32 Å². The van der Waals surface area contributed by atoms with Crippen LogP contribution in [0.1, 0.15) is 44.9 Å². The summed E-state index contributed by atoms with van der Waals surface area (Å²) in [5.74, 6) is 2.68. The van der Waals surface area contributed by atoms with Gasteiger partial charge in [0.1, 0.15) is 6.04 Å². The van der Waals surface area contributed by atoms with Crippen LogP contribution in [0, 0.1) is 35.5 Å². The lowest BCUT2D eigenvalue weighted by Crippen LogP contribution is -2.51. The molecular formula is C16H21NO3. The van der Waals surface area contributed by atoms with Gasteiger partial charge in [-0.05, 0) is 74.0 Å². The van der Waals surface area contributed by atoms with Crippen molar-refractivity contribution in [3.63, 3.8) is 0 Å². The zero-order chi connectivity index (χ0) is 14.3. The molecule has 4 rings (SSSR count). The second-order valence-electron chi connectivity index (χ2n) is 7.13. The van der Waals surface area contributed by atoms with E-state index in [2.05, 4.69) is 5.32 Å². The molecule has 20 heavy (non-hydrogen) atoms. The number of carbonyl (C=O) groups is 2. The average Bonchev–Trinajstić information content (AvgIpc) is 2.35. The monoisotopic (exact) mass is 275 g/mol. The molecule has 4 aliphatic carbocycles. The molecule has 0 radical (unpaired) electrons. The van der Waals surface area contributed by atoms with Crippen LogP contribution in [0.3, 0.4) is 0 Å². The molecule has 4 fully saturated rings. The van der Waals surface area contributed by atoms with Crippen LogP contribution in [0.25, 0.3) is 0 Å². The molecule has 4 heteroatoms. The van der Waals surface area contributed by atoms with Crippen molar-refractivity contribution in [2.24, 2.45) is 23.2 Å². The van der Waals surface area contributed by atoms with E-state index in [9.17, 15) is 14.7 Å². The van der Waals surface area contributed by atoms with E-state index in [0.717, 1.165) is 37.0 Å². The number of aliphatic carboxylic acids is 1. The van der Waals surface area contributed by atoms with Gasteiger partial charge in [0, 0.05) is 0 Å². The van der Waals surface area contributed by atoms with Crippen molar-refractivity contribution >= 4 is 11.9 Å². The maximum absolute atomic E-state index is 11.4. The van der Waals surface area contributed by atoms with E-state index in [1.807, 2.05) is 5.92 Å².